The number of ether oxygens (including phenoxy) is 1. The van der Waals surface area contributed by atoms with Gasteiger partial charge in [-0.2, -0.15) is 0 Å². The molecule has 1 heterocycles. The molecule has 92 valence electrons. The highest BCUT2D eigenvalue weighted by Gasteiger charge is 2.21. The molecule has 1 aromatic carbocycles. The molecule has 0 fully saturated rings. The molecule has 2 unspecified atom stereocenters. The molecule has 1 amide bonds. The third-order valence-electron chi connectivity index (χ3n) is 2.75. The fraction of sp³-hybridized carbons (Fsp3) is 0.462. The Hall–Kier alpha value is -1.55. The molecule has 1 aliphatic heterocycles. The van der Waals surface area contributed by atoms with Crippen LogP contribution >= 0.6 is 0 Å². The number of para-hydroxylation sites is 1. The quantitative estimate of drug-likeness (QED) is 0.814. The Bertz CT molecular complexity index is 404. The summed E-state index contributed by atoms with van der Waals surface area (Å²) in [5, 5.41) is 2.95. The number of rotatable bonds is 3. The second-order valence-electron chi connectivity index (χ2n) is 4.57. The summed E-state index contributed by atoms with van der Waals surface area (Å²) in [6.45, 7) is 2.36. The van der Waals surface area contributed by atoms with Gasteiger partial charge in [0.25, 0.3) is 0 Å². The molecule has 0 radical (unpaired) electrons. The number of hydrogen-bond donors (Lipinski definition) is 2. The van der Waals surface area contributed by atoms with E-state index in [-0.39, 0.29) is 18.0 Å². The largest absolute Gasteiger partial charge is 0.491 e. The van der Waals surface area contributed by atoms with Crippen LogP contribution in [-0.4, -0.2) is 24.6 Å². The summed E-state index contributed by atoms with van der Waals surface area (Å²) in [5.74, 6) is 0.915. The number of nitrogens with two attached hydrogens (primary N) is 1. The summed E-state index contributed by atoms with van der Waals surface area (Å²) in [6, 6.07) is 7.86. The average Bonchev–Trinajstić information content (AvgIpc) is 2.27. The smallest absolute Gasteiger partial charge is 0.221 e. The third-order valence-corrected chi connectivity index (χ3v) is 2.75. The SMILES string of the molecule is CC(N)CC(=O)NC1COc2ccccc2C1. The lowest BCUT2D eigenvalue weighted by atomic mass is 10.0. The molecule has 3 N–H and O–H groups in total. The predicted molar refractivity (Wildman–Crippen MR) is 65.8 cm³/mol. The van der Waals surface area contributed by atoms with Crippen molar-refractivity contribution in [3.05, 3.63) is 29.8 Å². The van der Waals surface area contributed by atoms with Gasteiger partial charge in [0.1, 0.15) is 12.4 Å². The molecule has 0 aliphatic carbocycles. The first kappa shape index (κ1) is 11.9. The second-order valence-corrected chi connectivity index (χ2v) is 4.57. The fourth-order valence-electron chi connectivity index (χ4n) is 2.00. The lowest BCUT2D eigenvalue weighted by Crippen LogP contribution is -2.44. The van der Waals surface area contributed by atoms with Crippen LogP contribution in [0.1, 0.15) is 18.9 Å². The minimum absolute atomic E-state index is 0.00650. The van der Waals surface area contributed by atoms with E-state index in [9.17, 15) is 4.79 Å². The lowest BCUT2D eigenvalue weighted by molar-refractivity contribution is -0.122. The Labute approximate surface area is 101 Å². The first-order valence-electron chi connectivity index (χ1n) is 5.91. The molecule has 4 heteroatoms. The van der Waals surface area contributed by atoms with Crippen LogP contribution in [0.2, 0.25) is 0 Å². The van der Waals surface area contributed by atoms with Gasteiger partial charge in [-0.1, -0.05) is 18.2 Å². The Kier molecular flexibility index (Phi) is 3.64. The van der Waals surface area contributed by atoms with E-state index < -0.39 is 0 Å². The number of benzene rings is 1. The standard InChI is InChI=1S/C13H18N2O2/c1-9(14)6-13(16)15-11-7-10-4-2-3-5-12(10)17-8-11/h2-5,9,11H,6-8,14H2,1H3,(H,15,16). The minimum atomic E-state index is -0.105. The molecule has 2 rings (SSSR count). The van der Waals surface area contributed by atoms with Gasteiger partial charge in [-0.15, -0.1) is 0 Å². The maximum Gasteiger partial charge on any atom is 0.221 e. The van der Waals surface area contributed by atoms with E-state index in [1.165, 1.54) is 0 Å². The molecular formula is C13H18N2O2. The van der Waals surface area contributed by atoms with Crippen molar-refractivity contribution in [2.45, 2.75) is 31.8 Å². The van der Waals surface area contributed by atoms with E-state index in [0.717, 1.165) is 17.7 Å². The Morgan fingerprint density at radius 2 is 2.35 bits per heavy atom. The molecule has 0 bridgehead atoms. The van der Waals surface area contributed by atoms with Crippen molar-refractivity contribution < 1.29 is 9.53 Å². The maximum absolute atomic E-state index is 11.6. The molecule has 1 aromatic rings. The van der Waals surface area contributed by atoms with E-state index in [4.69, 9.17) is 10.5 Å². The van der Waals surface area contributed by atoms with E-state index in [0.29, 0.717) is 13.0 Å². The number of amides is 1. The monoisotopic (exact) mass is 234 g/mol. The number of carbonyl (C=O) groups excluding carboxylic acids is 1. The van der Waals surface area contributed by atoms with Gasteiger partial charge in [0.05, 0.1) is 6.04 Å². The van der Waals surface area contributed by atoms with Gasteiger partial charge in [-0.3, -0.25) is 4.79 Å². The van der Waals surface area contributed by atoms with Crippen molar-refractivity contribution in [1.29, 1.82) is 0 Å². The van der Waals surface area contributed by atoms with Crippen molar-refractivity contribution in [2.75, 3.05) is 6.61 Å². The fourth-order valence-corrected chi connectivity index (χ4v) is 2.00. The number of nitrogens with one attached hydrogen (secondary N) is 1. The van der Waals surface area contributed by atoms with E-state index >= 15 is 0 Å². The summed E-state index contributed by atoms with van der Waals surface area (Å²) >= 11 is 0. The average molecular weight is 234 g/mol. The van der Waals surface area contributed by atoms with Crippen LogP contribution in [0.5, 0.6) is 5.75 Å². The summed E-state index contributed by atoms with van der Waals surface area (Å²) in [7, 11) is 0. The van der Waals surface area contributed by atoms with Crippen LogP contribution in [0, 0.1) is 0 Å². The summed E-state index contributed by atoms with van der Waals surface area (Å²) < 4.78 is 5.60. The summed E-state index contributed by atoms with van der Waals surface area (Å²) in [6.07, 6.45) is 1.18. The number of carbonyl (C=O) groups is 1. The molecule has 0 spiro atoms. The van der Waals surface area contributed by atoms with E-state index in [1.807, 2.05) is 31.2 Å². The van der Waals surface area contributed by atoms with Crippen molar-refractivity contribution in [1.82, 2.24) is 5.32 Å². The molecule has 0 saturated heterocycles. The zero-order valence-corrected chi connectivity index (χ0v) is 9.98. The minimum Gasteiger partial charge on any atom is -0.491 e. The highest BCUT2D eigenvalue weighted by molar-refractivity contribution is 5.76. The molecular weight excluding hydrogens is 216 g/mol. The van der Waals surface area contributed by atoms with Crippen LogP contribution in [0.25, 0.3) is 0 Å². The van der Waals surface area contributed by atoms with E-state index in [1.54, 1.807) is 0 Å². The third kappa shape index (κ3) is 3.20. The van der Waals surface area contributed by atoms with Gasteiger partial charge in [0.15, 0.2) is 0 Å². The number of fused-ring (bicyclic) bond motifs is 1. The van der Waals surface area contributed by atoms with Crippen molar-refractivity contribution in [3.8, 4) is 5.75 Å². The normalized spacial score (nSPS) is 20.0. The second kappa shape index (κ2) is 5.19. The Morgan fingerprint density at radius 3 is 3.12 bits per heavy atom. The van der Waals surface area contributed by atoms with Gasteiger partial charge in [-0.05, 0) is 25.0 Å². The predicted octanol–water partition coefficient (Wildman–Crippen LogP) is 0.844. The molecule has 0 saturated carbocycles. The van der Waals surface area contributed by atoms with Crippen LogP contribution in [0.4, 0.5) is 0 Å². The highest BCUT2D eigenvalue weighted by Crippen LogP contribution is 2.23. The van der Waals surface area contributed by atoms with Gasteiger partial charge < -0.3 is 15.8 Å². The Balaban J connectivity index is 1.92. The zero-order chi connectivity index (χ0) is 12.3. The topological polar surface area (TPSA) is 64.4 Å². The highest BCUT2D eigenvalue weighted by atomic mass is 16.5. The first-order chi connectivity index (χ1) is 8.15. The van der Waals surface area contributed by atoms with Gasteiger partial charge in [0.2, 0.25) is 5.91 Å². The van der Waals surface area contributed by atoms with Crippen LogP contribution in [-0.2, 0) is 11.2 Å². The molecule has 0 aromatic heterocycles. The van der Waals surface area contributed by atoms with Gasteiger partial charge in [-0.25, -0.2) is 0 Å². The summed E-state index contributed by atoms with van der Waals surface area (Å²) in [4.78, 5) is 11.6. The van der Waals surface area contributed by atoms with E-state index in [2.05, 4.69) is 5.32 Å². The molecule has 4 nitrogen and oxygen atoms in total. The molecule has 1 aliphatic rings. The zero-order valence-electron chi connectivity index (χ0n) is 9.98. The van der Waals surface area contributed by atoms with Gasteiger partial charge in [0, 0.05) is 12.5 Å². The van der Waals surface area contributed by atoms with Crippen molar-refractivity contribution >= 4 is 5.91 Å². The molecule has 2 atom stereocenters. The molecule has 17 heavy (non-hydrogen) atoms. The lowest BCUT2D eigenvalue weighted by Gasteiger charge is -2.26. The maximum atomic E-state index is 11.6. The summed E-state index contributed by atoms with van der Waals surface area (Å²) in [5.41, 5.74) is 6.73. The van der Waals surface area contributed by atoms with Crippen LogP contribution in [0.15, 0.2) is 24.3 Å². The first-order valence-corrected chi connectivity index (χ1v) is 5.91. The van der Waals surface area contributed by atoms with Crippen molar-refractivity contribution in [2.24, 2.45) is 5.73 Å². The van der Waals surface area contributed by atoms with Crippen LogP contribution < -0.4 is 15.8 Å². The van der Waals surface area contributed by atoms with Crippen LogP contribution in [0.3, 0.4) is 0 Å². The number of hydrogen-bond acceptors (Lipinski definition) is 3. The van der Waals surface area contributed by atoms with Gasteiger partial charge >= 0.3 is 0 Å². The van der Waals surface area contributed by atoms with Crippen molar-refractivity contribution in [3.63, 3.8) is 0 Å². The Morgan fingerprint density at radius 1 is 1.59 bits per heavy atom.